The summed E-state index contributed by atoms with van der Waals surface area (Å²) in [5.74, 6) is 0. The van der Waals surface area contributed by atoms with Gasteiger partial charge in [0.2, 0.25) is 0 Å². The molecule has 0 N–H and O–H groups in total. The fraction of sp³-hybridized carbons (Fsp3) is 0.250. The summed E-state index contributed by atoms with van der Waals surface area (Å²) < 4.78 is 21.5. The van der Waals surface area contributed by atoms with E-state index in [1.807, 2.05) is 0 Å². The Morgan fingerprint density at radius 3 is 1.33 bits per heavy atom. The molecule has 0 amide bonds. The van der Waals surface area contributed by atoms with E-state index in [1.165, 1.54) is 15.6 Å². The Hall–Kier alpha value is -1.81. The van der Waals surface area contributed by atoms with Gasteiger partial charge in [-0.25, -0.2) is 0 Å². The van der Waals surface area contributed by atoms with Crippen LogP contribution >= 0.6 is 0 Å². The molecule has 1 aliphatic heterocycles. The highest BCUT2D eigenvalue weighted by Crippen LogP contribution is 2.36. The molecule has 156 valence electrons. The summed E-state index contributed by atoms with van der Waals surface area (Å²) in [6.45, 7) is 6.65. The van der Waals surface area contributed by atoms with Crippen LogP contribution in [0.4, 0.5) is 0 Å². The Morgan fingerprint density at radius 2 is 0.933 bits per heavy atom. The molecule has 6 heteroatoms. The summed E-state index contributed by atoms with van der Waals surface area (Å²) in [4.78, 5) is 0. The minimum Gasteiger partial charge on any atom is -0.412 e. The van der Waals surface area contributed by atoms with Crippen LogP contribution in [-0.4, -0.2) is 25.7 Å². The Bertz CT molecular complexity index is 910. The average Bonchev–Trinajstić information content (AvgIpc) is 2.85. The van der Waals surface area contributed by atoms with E-state index in [0.29, 0.717) is 0 Å². The van der Waals surface area contributed by atoms with Crippen LogP contribution in [0.25, 0.3) is 0 Å². The lowest BCUT2D eigenvalue weighted by atomic mass is 10.4. The summed E-state index contributed by atoms with van der Waals surface area (Å²) in [6.07, 6.45) is 0. The van der Waals surface area contributed by atoms with Gasteiger partial charge in [-0.15, -0.1) is 0 Å². The highest BCUT2D eigenvalue weighted by Gasteiger charge is 2.63. The molecule has 1 saturated heterocycles. The van der Waals surface area contributed by atoms with Crippen LogP contribution < -0.4 is 15.6 Å². The summed E-state index contributed by atoms with van der Waals surface area (Å²) in [7, 11) is -8.14. The first-order chi connectivity index (χ1) is 14.6. The van der Waals surface area contributed by atoms with Crippen molar-refractivity contribution in [2.24, 2.45) is 0 Å². The average molecular weight is 451 g/mol. The Morgan fingerprint density at radius 1 is 0.500 bits per heavy atom. The highest BCUT2D eigenvalue weighted by atomic mass is 28.5. The smallest absolute Gasteiger partial charge is 0.389 e. The van der Waals surface area contributed by atoms with Crippen LogP contribution in [-0.2, 0) is 12.3 Å². The number of hydrogen-bond acceptors (Lipinski definition) is 3. The van der Waals surface area contributed by atoms with Gasteiger partial charge in [-0.3, -0.25) is 0 Å². The molecule has 1 fully saturated rings. The van der Waals surface area contributed by atoms with Crippen molar-refractivity contribution in [3.63, 3.8) is 0 Å². The van der Waals surface area contributed by atoms with Crippen molar-refractivity contribution in [2.45, 2.75) is 38.9 Å². The van der Waals surface area contributed by atoms with Gasteiger partial charge in [0.1, 0.15) is 0 Å². The molecular weight excluding hydrogens is 421 g/mol. The van der Waals surface area contributed by atoms with E-state index in [4.69, 9.17) is 12.3 Å². The second kappa shape index (κ2) is 8.74. The summed E-state index contributed by atoms with van der Waals surface area (Å²) in [5, 5.41) is 3.54. The lowest BCUT2D eigenvalue weighted by molar-refractivity contribution is 0.239. The molecule has 4 rings (SSSR count). The maximum Gasteiger partial charge on any atom is 0.389 e. The molecular formula is C24H30O3Si3. The van der Waals surface area contributed by atoms with Crippen LogP contribution in [0.15, 0.2) is 91.0 Å². The van der Waals surface area contributed by atoms with E-state index in [9.17, 15) is 0 Å². The van der Waals surface area contributed by atoms with E-state index in [0.717, 1.165) is 18.1 Å². The van der Waals surface area contributed by atoms with E-state index < -0.39 is 25.7 Å². The van der Waals surface area contributed by atoms with E-state index in [-0.39, 0.29) is 0 Å². The third kappa shape index (κ3) is 3.68. The zero-order valence-corrected chi connectivity index (χ0v) is 21.0. The molecule has 1 unspecified atom stereocenters. The van der Waals surface area contributed by atoms with Gasteiger partial charge in [-0.1, -0.05) is 112 Å². The molecule has 3 nitrogen and oxygen atoms in total. The predicted molar refractivity (Wildman–Crippen MR) is 130 cm³/mol. The monoisotopic (exact) mass is 450 g/mol. The fourth-order valence-corrected chi connectivity index (χ4v) is 21.8. The van der Waals surface area contributed by atoms with Gasteiger partial charge in [-0.05, 0) is 33.7 Å². The molecule has 0 spiro atoms. The molecule has 0 aromatic heterocycles. The van der Waals surface area contributed by atoms with Gasteiger partial charge in [0.05, 0.1) is 0 Å². The lowest BCUT2D eigenvalue weighted by Crippen LogP contribution is -2.80. The molecule has 0 aliphatic carbocycles. The van der Waals surface area contributed by atoms with Crippen LogP contribution in [0.1, 0.15) is 20.8 Å². The van der Waals surface area contributed by atoms with Crippen molar-refractivity contribution in [3.8, 4) is 0 Å². The minimum atomic E-state index is -2.95. The maximum atomic E-state index is 7.30. The maximum absolute atomic E-state index is 7.30. The van der Waals surface area contributed by atoms with Crippen LogP contribution in [0.5, 0.6) is 0 Å². The molecule has 0 radical (unpaired) electrons. The Balaban J connectivity index is 1.99. The van der Waals surface area contributed by atoms with Crippen LogP contribution in [0.2, 0.25) is 18.1 Å². The van der Waals surface area contributed by atoms with Gasteiger partial charge >= 0.3 is 25.7 Å². The third-order valence-corrected chi connectivity index (χ3v) is 20.5. The third-order valence-electron chi connectivity index (χ3n) is 6.05. The molecule has 3 aromatic carbocycles. The summed E-state index contributed by atoms with van der Waals surface area (Å²) in [6, 6.07) is 34.5. The Kier molecular flexibility index (Phi) is 6.24. The van der Waals surface area contributed by atoms with Crippen LogP contribution in [0, 0.1) is 0 Å². The lowest BCUT2D eigenvalue weighted by Gasteiger charge is -2.53. The molecule has 1 heterocycles. The van der Waals surface area contributed by atoms with Crippen molar-refractivity contribution >= 4 is 41.2 Å². The van der Waals surface area contributed by atoms with Crippen molar-refractivity contribution in [3.05, 3.63) is 91.0 Å². The quantitative estimate of drug-likeness (QED) is 0.528. The SMILES string of the molecule is CC[Si]1(CC)O[Si](CC)(c2ccccc2)O[Si](c2ccccc2)(c2ccccc2)O1. The first kappa shape index (κ1) is 21.4. The van der Waals surface area contributed by atoms with E-state index in [1.54, 1.807) is 0 Å². The minimum absolute atomic E-state index is 0.865. The number of rotatable bonds is 6. The van der Waals surface area contributed by atoms with Gasteiger partial charge < -0.3 is 12.3 Å². The molecule has 0 bridgehead atoms. The largest absolute Gasteiger partial charge is 0.412 e. The molecule has 30 heavy (non-hydrogen) atoms. The van der Waals surface area contributed by atoms with Gasteiger partial charge in [0.25, 0.3) is 0 Å². The predicted octanol–water partition coefficient (Wildman–Crippen LogP) is 4.16. The molecule has 1 aliphatic rings. The van der Waals surface area contributed by atoms with Crippen molar-refractivity contribution in [1.29, 1.82) is 0 Å². The van der Waals surface area contributed by atoms with Gasteiger partial charge in [0, 0.05) is 0 Å². The molecule has 3 aromatic rings. The fourth-order valence-electron chi connectivity index (χ4n) is 4.27. The zero-order chi connectivity index (χ0) is 21.1. The van der Waals surface area contributed by atoms with Crippen molar-refractivity contribution in [1.82, 2.24) is 0 Å². The molecule has 1 atom stereocenters. The molecule has 0 saturated carbocycles. The first-order valence-electron chi connectivity index (χ1n) is 10.9. The topological polar surface area (TPSA) is 27.7 Å². The van der Waals surface area contributed by atoms with Gasteiger partial charge in [0.15, 0.2) is 0 Å². The van der Waals surface area contributed by atoms with Crippen LogP contribution in [0.3, 0.4) is 0 Å². The van der Waals surface area contributed by atoms with Gasteiger partial charge in [-0.2, -0.15) is 0 Å². The van der Waals surface area contributed by atoms with E-state index in [2.05, 4.69) is 112 Å². The zero-order valence-electron chi connectivity index (χ0n) is 18.0. The second-order valence-corrected chi connectivity index (χ2v) is 18.6. The summed E-state index contributed by atoms with van der Waals surface area (Å²) >= 11 is 0. The standard InChI is InChI=1S/C24H30O3Si3/c1-4-28(5-2)25-29(6-3,22-16-10-7-11-17-22)27-30(26-28,23-18-12-8-13-19-23)24-20-14-9-15-21-24/h7-21H,4-6H2,1-3H3. The second-order valence-electron chi connectivity index (χ2n) is 7.75. The number of benzene rings is 3. The first-order valence-corrected chi connectivity index (χ1v) is 17.0. The summed E-state index contributed by atoms with van der Waals surface area (Å²) in [5.41, 5.74) is 0. The van der Waals surface area contributed by atoms with Crippen molar-refractivity contribution < 1.29 is 12.3 Å². The normalized spacial score (nSPS) is 22.5. The van der Waals surface area contributed by atoms with Crippen molar-refractivity contribution in [2.75, 3.05) is 0 Å². The highest BCUT2D eigenvalue weighted by molar-refractivity contribution is 7.07. The van der Waals surface area contributed by atoms with E-state index >= 15 is 0 Å². The number of hydrogen-bond donors (Lipinski definition) is 0. The Labute approximate surface area is 183 Å².